The molecule has 17 heavy (non-hydrogen) atoms. The molecule has 0 fully saturated rings. The molecule has 0 rings (SSSR count). The van der Waals surface area contributed by atoms with Crippen molar-refractivity contribution in [2.24, 2.45) is 11.7 Å². The summed E-state index contributed by atoms with van der Waals surface area (Å²) in [6.45, 7) is 2.00. The third kappa shape index (κ3) is 5.91. The Hall–Kier alpha value is -0.780. The molecule has 0 amide bonds. The molecule has 0 radical (unpaired) electrons. The summed E-state index contributed by atoms with van der Waals surface area (Å²) in [5.74, 6) is -2.18. The first-order chi connectivity index (χ1) is 7.84. The molecule has 2 atom stereocenters. The molecule has 0 aromatic heterocycles. The van der Waals surface area contributed by atoms with Gasteiger partial charge < -0.3 is 10.5 Å². The number of ether oxygens (including phenoxy) is 1. The maximum Gasteiger partial charge on any atom is 0.404 e. The summed E-state index contributed by atoms with van der Waals surface area (Å²) >= 11 is 0. The number of carbonyl (C=O) groups excluding carboxylic acids is 1. The molecule has 102 valence electrons. The van der Waals surface area contributed by atoms with E-state index in [1.54, 1.807) is 0 Å². The van der Waals surface area contributed by atoms with Gasteiger partial charge in [-0.25, -0.2) is 0 Å². The largest absolute Gasteiger partial charge is 0.469 e. The van der Waals surface area contributed by atoms with Crippen molar-refractivity contribution in [2.45, 2.75) is 51.2 Å². The number of unbranched alkanes of at least 4 members (excludes halogenated alkanes) is 3. The molecule has 0 aliphatic carbocycles. The summed E-state index contributed by atoms with van der Waals surface area (Å²) in [4.78, 5) is 11.3. The molecule has 0 aliphatic heterocycles. The number of esters is 1. The van der Waals surface area contributed by atoms with E-state index in [4.69, 9.17) is 5.73 Å². The molecule has 0 saturated heterocycles. The second kappa shape index (κ2) is 7.53. The van der Waals surface area contributed by atoms with Crippen molar-refractivity contribution in [3.8, 4) is 0 Å². The Kier molecular flexibility index (Phi) is 7.18. The molecule has 3 nitrogen and oxygen atoms in total. The van der Waals surface area contributed by atoms with E-state index >= 15 is 0 Å². The second-order valence-corrected chi connectivity index (χ2v) is 4.05. The van der Waals surface area contributed by atoms with Crippen LogP contribution in [-0.4, -0.2) is 25.3 Å². The Balaban J connectivity index is 4.39. The summed E-state index contributed by atoms with van der Waals surface area (Å²) < 4.78 is 41.7. The van der Waals surface area contributed by atoms with E-state index in [1.807, 2.05) is 6.92 Å². The number of hydrogen-bond donors (Lipinski definition) is 1. The minimum atomic E-state index is -4.57. The van der Waals surface area contributed by atoms with Gasteiger partial charge in [0, 0.05) is 0 Å². The van der Waals surface area contributed by atoms with Gasteiger partial charge in [-0.15, -0.1) is 0 Å². The van der Waals surface area contributed by atoms with Crippen LogP contribution in [0.25, 0.3) is 0 Å². The topological polar surface area (TPSA) is 52.3 Å². The zero-order valence-corrected chi connectivity index (χ0v) is 10.2. The first-order valence-corrected chi connectivity index (χ1v) is 5.74. The third-order valence-electron chi connectivity index (χ3n) is 2.68. The summed E-state index contributed by atoms with van der Waals surface area (Å²) in [5.41, 5.74) is 5.06. The molecule has 0 aromatic rings. The molecular formula is C11H20F3NO2. The van der Waals surface area contributed by atoms with Gasteiger partial charge in [0.15, 0.2) is 0 Å². The highest BCUT2D eigenvalue weighted by atomic mass is 19.4. The van der Waals surface area contributed by atoms with E-state index in [-0.39, 0.29) is 6.42 Å². The Morgan fingerprint density at radius 2 is 1.88 bits per heavy atom. The van der Waals surface area contributed by atoms with E-state index in [9.17, 15) is 18.0 Å². The lowest BCUT2D eigenvalue weighted by atomic mass is 9.93. The predicted octanol–water partition coefficient (Wildman–Crippen LogP) is 2.64. The van der Waals surface area contributed by atoms with Gasteiger partial charge >= 0.3 is 12.1 Å². The van der Waals surface area contributed by atoms with Crippen molar-refractivity contribution in [3.63, 3.8) is 0 Å². The van der Waals surface area contributed by atoms with E-state index in [0.717, 1.165) is 26.4 Å². The summed E-state index contributed by atoms with van der Waals surface area (Å²) in [5, 5.41) is 0. The quantitative estimate of drug-likeness (QED) is 0.562. The second-order valence-electron chi connectivity index (χ2n) is 4.05. The lowest BCUT2D eigenvalue weighted by molar-refractivity contribution is -0.175. The number of nitrogens with two attached hydrogens (primary N) is 1. The summed E-state index contributed by atoms with van der Waals surface area (Å²) in [6.07, 6.45) is -1.17. The van der Waals surface area contributed by atoms with Gasteiger partial charge in [-0.2, -0.15) is 13.2 Å². The van der Waals surface area contributed by atoms with Crippen molar-refractivity contribution >= 4 is 5.97 Å². The van der Waals surface area contributed by atoms with Gasteiger partial charge in [-0.3, -0.25) is 4.79 Å². The van der Waals surface area contributed by atoms with Crippen molar-refractivity contribution in [3.05, 3.63) is 0 Å². The van der Waals surface area contributed by atoms with Crippen molar-refractivity contribution in [1.29, 1.82) is 0 Å². The van der Waals surface area contributed by atoms with Gasteiger partial charge in [0.05, 0.1) is 13.0 Å². The van der Waals surface area contributed by atoms with Crippen LogP contribution < -0.4 is 5.73 Å². The highest BCUT2D eigenvalue weighted by molar-refractivity contribution is 5.73. The number of methoxy groups -OCH3 is 1. The number of carbonyl (C=O) groups is 1. The lowest BCUT2D eigenvalue weighted by Gasteiger charge is -2.23. The molecule has 0 saturated carbocycles. The SMILES string of the molecule is CCCCCC[C@@H](C(=O)OC)[C@@H](N)C(F)(F)F. The number of rotatable bonds is 7. The fraction of sp³-hybridized carbons (Fsp3) is 0.909. The van der Waals surface area contributed by atoms with Crippen LogP contribution in [0.1, 0.15) is 39.0 Å². The standard InChI is InChI=1S/C11H20F3NO2/c1-3-4-5-6-7-8(10(16)17-2)9(15)11(12,13)14/h8-9H,3-7,15H2,1-2H3/t8-,9-/m1/s1. The van der Waals surface area contributed by atoms with Gasteiger partial charge in [-0.05, 0) is 6.42 Å². The molecule has 0 aliphatic rings. The zero-order chi connectivity index (χ0) is 13.5. The maximum atomic E-state index is 12.4. The van der Waals surface area contributed by atoms with Crippen LogP contribution in [0.5, 0.6) is 0 Å². The Morgan fingerprint density at radius 1 is 1.29 bits per heavy atom. The van der Waals surface area contributed by atoms with E-state index in [1.165, 1.54) is 0 Å². The third-order valence-corrected chi connectivity index (χ3v) is 2.68. The molecule has 0 heterocycles. The van der Waals surface area contributed by atoms with Crippen molar-refractivity contribution in [1.82, 2.24) is 0 Å². The Morgan fingerprint density at radius 3 is 2.29 bits per heavy atom. The van der Waals surface area contributed by atoms with E-state index in [0.29, 0.717) is 6.42 Å². The number of hydrogen-bond acceptors (Lipinski definition) is 3. The van der Waals surface area contributed by atoms with E-state index in [2.05, 4.69) is 4.74 Å². The lowest BCUT2D eigenvalue weighted by Crippen LogP contribution is -2.47. The average Bonchev–Trinajstić information content (AvgIpc) is 2.26. The highest BCUT2D eigenvalue weighted by Crippen LogP contribution is 2.27. The number of halogens is 3. The summed E-state index contributed by atoms with van der Waals surface area (Å²) in [7, 11) is 1.07. The summed E-state index contributed by atoms with van der Waals surface area (Å²) in [6, 6.07) is -2.14. The maximum absolute atomic E-state index is 12.4. The minimum absolute atomic E-state index is 0.118. The fourth-order valence-corrected chi connectivity index (χ4v) is 1.61. The first kappa shape index (κ1) is 16.2. The Labute approximate surface area is 99.5 Å². The highest BCUT2D eigenvalue weighted by Gasteiger charge is 2.45. The molecule has 6 heteroatoms. The molecule has 0 spiro atoms. The van der Waals surface area contributed by atoms with Crippen molar-refractivity contribution < 1.29 is 22.7 Å². The molecule has 2 N–H and O–H groups in total. The van der Waals surface area contributed by atoms with Gasteiger partial charge in [0.2, 0.25) is 0 Å². The van der Waals surface area contributed by atoms with E-state index < -0.39 is 24.1 Å². The van der Waals surface area contributed by atoms with Crippen LogP contribution in [0.15, 0.2) is 0 Å². The smallest absolute Gasteiger partial charge is 0.404 e. The Bertz CT molecular complexity index is 231. The van der Waals surface area contributed by atoms with Crippen LogP contribution >= 0.6 is 0 Å². The van der Waals surface area contributed by atoms with Crippen LogP contribution in [0.3, 0.4) is 0 Å². The van der Waals surface area contributed by atoms with Gasteiger partial charge in [-0.1, -0.05) is 32.6 Å². The normalized spacial score (nSPS) is 15.4. The molecule has 0 unspecified atom stereocenters. The predicted molar refractivity (Wildman–Crippen MR) is 58.3 cm³/mol. The van der Waals surface area contributed by atoms with Crippen molar-refractivity contribution in [2.75, 3.05) is 7.11 Å². The minimum Gasteiger partial charge on any atom is -0.469 e. The zero-order valence-electron chi connectivity index (χ0n) is 10.2. The number of alkyl halides is 3. The van der Waals surface area contributed by atoms with Crippen LogP contribution in [0.2, 0.25) is 0 Å². The molecule has 0 aromatic carbocycles. The first-order valence-electron chi connectivity index (χ1n) is 5.74. The van der Waals surface area contributed by atoms with Crippen LogP contribution in [0.4, 0.5) is 13.2 Å². The van der Waals surface area contributed by atoms with Gasteiger partial charge in [0.25, 0.3) is 0 Å². The van der Waals surface area contributed by atoms with Crippen LogP contribution in [0, 0.1) is 5.92 Å². The van der Waals surface area contributed by atoms with Crippen LogP contribution in [-0.2, 0) is 9.53 Å². The molecular weight excluding hydrogens is 235 g/mol. The average molecular weight is 255 g/mol. The van der Waals surface area contributed by atoms with Gasteiger partial charge in [0.1, 0.15) is 6.04 Å². The monoisotopic (exact) mass is 255 g/mol. The fourth-order valence-electron chi connectivity index (χ4n) is 1.61. The molecule has 0 bridgehead atoms.